The Balaban J connectivity index is 1.61. The maximum absolute atomic E-state index is 14.3. The highest BCUT2D eigenvalue weighted by Gasteiger charge is 2.25. The fraction of sp³-hybridized carbons (Fsp3) is 0.429. The third-order valence-corrected chi connectivity index (χ3v) is 6.58. The number of hydrogen-bond donors (Lipinski definition) is 1. The van der Waals surface area contributed by atoms with Crippen LogP contribution in [0.1, 0.15) is 57.4 Å². The number of amides is 1. The van der Waals surface area contributed by atoms with Crippen LogP contribution in [0.3, 0.4) is 0 Å². The summed E-state index contributed by atoms with van der Waals surface area (Å²) in [7, 11) is 0. The molecule has 1 aliphatic carbocycles. The molecule has 0 aliphatic heterocycles. The molecule has 192 valence electrons. The normalized spacial score (nSPS) is 14.1. The van der Waals surface area contributed by atoms with Crippen molar-refractivity contribution in [2.75, 3.05) is 16.8 Å². The van der Waals surface area contributed by atoms with Crippen LogP contribution in [0.2, 0.25) is 5.02 Å². The molecule has 2 aromatic carbocycles. The van der Waals surface area contributed by atoms with Crippen LogP contribution in [0.25, 0.3) is 0 Å². The smallest absolute Gasteiger partial charge is 0.232 e. The van der Waals surface area contributed by atoms with E-state index in [9.17, 15) is 9.18 Å². The van der Waals surface area contributed by atoms with Gasteiger partial charge in [-0.05, 0) is 48.6 Å². The fourth-order valence-electron chi connectivity index (χ4n) is 4.69. The topological polar surface area (TPSA) is 67.6 Å². The van der Waals surface area contributed by atoms with Crippen molar-refractivity contribution in [2.45, 2.75) is 65.0 Å². The highest BCUT2D eigenvalue weighted by Crippen LogP contribution is 2.36. The van der Waals surface area contributed by atoms with Crippen molar-refractivity contribution >= 4 is 28.9 Å². The lowest BCUT2D eigenvalue weighted by Gasteiger charge is -2.38. The second-order valence-corrected chi connectivity index (χ2v) is 10.1. The maximum atomic E-state index is 14.3. The Morgan fingerprint density at radius 1 is 1.22 bits per heavy atom. The number of ether oxygens (including phenoxy) is 1. The van der Waals surface area contributed by atoms with Gasteiger partial charge in [0.25, 0.3) is 0 Å². The zero-order valence-corrected chi connectivity index (χ0v) is 21.6. The van der Waals surface area contributed by atoms with E-state index in [-0.39, 0.29) is 18.9 Å². The molecule has 0 saturated heterocycles. The highest BCUT2D eigenvalue weighted by atomic mass is 35.5. The molecule has 1 aliphatic rings. The van der Waals surface area contributed by atoms with Crippen LogP contribution in [0.5, 0.6) is 5.75 Å². The Labute approximate surface area is 216 Å². The number of halogens is 2. The van der Waals surface area contributed by atoms with E-state index in [2.05, 4.69) is 29.0 Å². The predicted octanol–water partition coefficient (Wildman–Crippen LogP) is 7.02. The molecule has 3 aromatic rings. The quantitative estimate of drug-likeness (QED) is 0.315. The lowest BCUT2D eigenvalue weighted by molar-refractivity contribution is -0.115. The van der Waals surface area contributed by atoms with Crippen molar-refractivity contribution < 1.29 is 18.3 Å². The van der Waals surface area contributed by atoms with Gasteiger partial charge in [0.05, 0.1) is 24.0 Å². The number of nitrogens with one attached hydrogen (secondary N) is 1. The lowest BCUT2D eigenvalue weighted by atomic mass is 9.93. The number of nitrogens with zero attached hydrogens (tertiary/aromatic N) is 2. The molecule has 36 heavy (non-hydrogen) atoms. The summed E-state index contributed by atoms with van der Waals surface area (Å²) in [5.74, 6) is 0.684. The fourth-order valence-corrected chi connectivity index (χ4v) is 4.85. The van der Waals surface area contributed by atoms with Gasteiger partial charge in [0, 0.05) is 23.7 Å². The Morgan fingerprint density at radius 3 is 2.72 bits per heavy atom. The van der Waals surface area contributed by atoms with Gasteiger partial charge in [-0.3, -0.25) is 4.79 Å². The van der Waals surface area contributed by atoms with Crippen molar-refractivity contribution in [3.05, 3.63) is 71.2 Å². The molecule has 8 heteroatoms. The Bertz CT molecular complexity index is 1150. The van der Waals surface area contributed by atoms with Gasteiger partial charge in [0.2, 0.25) is 11.8 Å². The summed E-state index contributed by atoms with van der Waals surface area (Å²) in [4.78, 5) is 19.6. The van der Waals surface area contributed by atoms with Gasteiger partial charge in [-0.2, -0.15) is 0 Å². The number of anilines is 2. The number of benzene rings is 2. The average molecular weight is 514 g/mol. The van der Waals surface area contributed by atoms with Crippen LogP contribution in [-0.4, -0.2) is 23.5 Å². The molecular formula is C28H33ClFN3O3. The van der Waals surface area contributed by atoms with Crippen LogP contribution in [0.15, 0.2) is 53.3 Å². The Morgan fingerprint density at radius 2 is 2.03 bits per heavy atom. The van der Waals surface area contributed by atoms with E-state index in [1.165, 1.54) is 31.6 Å². The third-order valence-electron chi connectivity index (χ3n) is 6.34. The first-order valence-electron chi connectivity index (χ1n) is 12.5. The molecule has 0 radical (unpaired) electrons. The van der Waals surface area contributed by atoms with Gasteiger partial charge in [0.15, 0.2) is 6.61 Å². The van der Waals surface area contributed by atoms with Crippen LogP contribution >= 0.6 is 11.6 Å². The highest BCUT2D eigenvalue weighted by molar-refractivity contribution is 6.30. The number of carbonyl (C=O) groups excluding carboxylic acids is 1. The number of hydrogen-bond acceptors (Lipinski definition) is 5. The number of oxazole rings is 1. The third kappa shape index (κ3) is 7.00. The molecule has 1 fully saturated rings. The van der Waals surface area contributed by atoms with Gasteiger partial charge in [-0.15, -0.1) is 0 Å². The molecule has 4 rings (SSSR count). The molecule has 6 nitrogen and oxygen atoms in total. The first-order valence-corrected chi connectivity index (χ1v) is 12.9. The summed E-state index contributed by atoms with van der Waals surface area (Å²) >= 11 is 5.87. The van der Waals surface area contributed by atoms with Crippen LogP contribution < -0.4 is 15.0 Å². The summed E-state index contributed by atoms with van der Waals surface area (Å²) in [5, 5.41) is 3.33. The summed E-state index contributed by atoms with van der Waals surface area (Å²) in [6.07, 6.45) is 8.88. The average Bonchev–Trinajstić information content (AvgIpc) is 3.38. The molecule has 1 aromatic heterocycles. The minimum absolute atomic E-state index is 0.0998. The number of aromatic nitrogens is 1. The molecule has 0 spiro atoms. The summed E-state index contributed by atoms with van der Waals surface area (Å²) < 4.78 is 25.5. The first-order chi connectivity index (χ1) is 17.4. The summed E-state index contributed by atoms with van der Waals surface area (Å²) in [6, 6.07) is 10.5. The van der Waals surface area contributed by atoms with Gasteiger partial charge >= 0.3 is 0 Å². The minimum Gasteiger partial charge on any atom is -0.484 e. The Kier molecular flexibility index (Phi) is 8.86. The van der Waals surface area contributed by atoms with Crippen LogP contribution in [0.4, 0.5) is 15.8 Å². The lowest BCUT2D eigenvalue weighted by Crippen LogP contribution is -2.40. The first kappa shape index (κ1) is 26.0. The van der Waals surface area contributed by atoms with Gasteiger partial charge in [0.1, 0.15) is 17.8 Å². The van der Waals surface area contributed by atoms with Gasteiger partial charge in [-0.25, -0.2) is 9.37 Å². The van der Waals surface area contributed by atoms with Gasteiger partial charge < -0.3 is 19.4 Å². The molecule has 1 N–H and O–H groups in total. The van der Waals surface area contributed by atoms with E-state index >= 15 is 0 Å². The second-order valence-electron chi connectivity index (χ2n) is 9.69. The molecule has 1 saturated carbocycles. The van der Waals surface area contributed by atoms with Crippen molar-refractivity contribution in [3.8, 4) is 5.75 Å². The van der Waals surface area contributed by atoms with Crippen molar-refractivity contribution in [3.63, 3.8) is 0 Å². The standard InChI is InChI=1S/C28H33ClFN3O3/c1-19(2)17-33(22-6-4-3-5-7-22)26-11-10-23(36-18-28-31-12-13-35-28)16-25(26)32-27(34)14-20-8-9-21(29)15-24(20)30/h8-13,15-16,19,22H,3-7,14,17-18H2,1-2H3,(H,32,34). The second kappa shape index (κ2) is 12.3. The molecule has 1 heterocycles. The number of rotatable bonds is 10. The monoisotopic (exact) mass is 513 g/mol. The van der Waals surface area contributed by atoms with Gasteiger partial charge in [-0.1, -0.05) is 50.8 Å². The Hall–Kier alpha value is -3.06. The maximum Gasteiger partial charge on any atom is 0.232 e. The van der Waals surface area contributed by atoms with Crippen molar-refractivity contribution in [2.24, 2.45) is 5.92 Å². The molecule has 0 unspecified atom stereocenters. The van der Waals surface area contributed by atoms with E-state index in [4.69, 9.17) is 20.8 Å². The SMILES string of the molecule is CC(C)CN(c1ccc(OCc2ncco2)cc1NC(=O)Cc1ccc(Cl)cc1F)C1CCCCC1. The van der Waals surface area contributed by atoms with E-state index < -0.39 is 5.82 Å². The van der Waals surface area contributed by atoms with E-state index in [0.29, 0.717) is 39.9 Å². The largest absolute Gasteiger partial charge is 0.484 e. The van der Waals surface area contributed by atoms with Crippen molar-refractivity contribution in [1.29, 1.82) is 0 Å². The zero-order chi connectivity index (χ0) is 25.5. The van der Waals surface area contributed by atoms with E-state index in [0.717, 1.165) is 25.1 Å². The molecule has 0 bridgehead atoms. The molecule has 1 amide bonds. The van der Waals surface area contributed by atoms with Crippen LogP contribution in [0, 0.1) is 11.7 Å². The van der Waals surface area contributed by atoms with E-state index in [1.54, 1.807) is 18.3 Å². The van der Waals surface area contributed by atoms with Crippen molar-refractivity contribution in [1.82, 2.24) is 4.98 Å². The minimum atomic E-state index is -0.496. The summed E-state index contributed by atoms with van der Waals surface area (Å²) in [5.41, 5.74) is 1.88. The predicted molar refractivity (Wildman–Crippen MR) is 140 cm³/mol. The molecule has 0 atom stereocenters. The van der Waals surface area contributed by atoms with E-state index in [1.807, 2.05) is 18.2 Å². The molecular weight excluding hydrogens is 481 g/mol. The van der Waals surface area contributed by atoms with Crippen LogP contribution in [-0.2, 0) is 17.8 Å². The zero-order valence-electron chi connectivity index (χ0n) is 20.8. The number of carbonyl (C=O) groups is 1. The summed E-state index contributed by atoms with van der Waals surface area (Å²) in [6.45, 7) is 5.44.